The molecule has 0 saturated heterocycles. The van der Waals surface area contributed by atoms with Gasteiger partial charge in [-0.15, -0.1) is 11.3 Å². The van der Waals surface area contributed by atoms with Gasteiger partial charge < -0.3 is 10.4 Å². The molecule has 3 nitrogen and oxygen atoms in total. The number of hydrogen-bond donors (Lipinski definition) is 2. The average molecular weight is 241 g/mol. The van der Waals surface area contributed by atoms with Crippen LogP contribution in [0.4, 0.5) is 0 Å². The van der Waals surface area contributed by atoms with Crippen LogP contribution < -0.4 is 5.32 Å². The minimum atomic E-state index is -0.755. The lowest BCUT2D eigenvalue weighted by Gasteiger charge is -2.15. The van der Waals surface area contributed by atoms with E-state index in [0.717, 1.165) is 6.54 Å². The average Bonchev–Trinajstić information content (AvgIpc) is 2.59. The maximum absolute atomic E-state index is 10.3. The van der Waals surface area contributed by atoms with E-state index in [4.69, 9.17) is 5.11 Å². The lowest BCUT2D eigenvalue weighted by atomic mass is 9.95. The highest BCUT2D eigenvalue weighted by Gasteiger charge is 2.15. The summed E-state index contributed by atoms with van der Waals surface area (Å²) in [6, 6.07) is 4.26. The van der Waals surface area contributed by atoms with Gasteiger partial charge in [0.1, 0.15) is 0 Å². The van der Waals surface area contributed by atoms with Gasteiger partial charge >= 0.3 is 5.97 Å². The number of rotatable bonds is 5. The molecule has 0 aliphatic heterocycles. The molecule has 16 heavy (non-hydrogen) atoms. The molecule has 0 radical (unpaired) electrons. The molecule has 2 N–H and O–H groups in total. The van der Waals surface area contributed by atoms with E-state index in [-0.39, 0.29) is 11.8 Å². The van der Waals surface area contributed by atoms with E-state index in [1.54, 1.807) is 11.3 Å². The molecule has 1 heterocycles. The molecule has 0 amide bonds. The van der Waals surface area contributed by atoms with Crippen LogP contribution in [0.3, 0.4) is 0 Å². The van der Waals surface area contributed by atoms with E-state index < -0.39 is 5.97 Å². The fourth-order valence-corrected chi connectivity index (χ4v) is 2.32. The maximum Gasteiger partial charge on any atom is 0.304 e. The number of hydrogen-bond acceptors (Lipinski definition) is 3. The van der Waals surface area contributed by atoms with Crippen molar-refractivity contribution in [3.05, 3.63) is 21.9 Å². The highest BCUT2D eigenvalue weighted by molar-refractivity contribution is 7.12. The fraction of sp³-hybridized carbons (Fsp3) is 0.583. The summed E-state index contributed by atoms with van der Waals surface area (Å²) >= 11 is 1.79. The first kappa shape index (κ1) is 13.2. The van der Waals surface area contributed by atoms with E-state index in [0.29, 0.717) is 6.54 Å². The Labute approximate surface area is 100 Å². The van der Waals surface area contributed by atoms with Crippen molar-refractivity contribution in [1.29, 1.82) is 0 Å². The lowest BCUT2D eigenvalue weighted by molar-refractivity contribution is -0.136. The van der Waals surface area contributed by atoms with Crippen LogP contribution in [0, 0.1) is 0 Å². The van der Waals surface area contributed by atoms with Gasteiger partial charge in [-0.25, -0.2) is 0 Å². The first-order valence-corrected chi connectivity index (χ1v) is 6.23. The topological polar surface area (TPSA) is 49.3 Å². The third-order valence-corrected chi connectivity index (χ3v) is 3.73. The van der Waals surface area contributed by atoms with Crippen molar-refractivity contribution < 1.29 is 9.90 Å². The van der Waals surface area contributed by atoms with Crippen LogP contribution in [0.15, 0.2) is 12.1 Å². The van der Waals surface area contributed by atoms with Gasteiger partial charge in [0, 0.05) is 22.8 Å². The van der Waals surface area contributed by atoms with Crippen LogP contribution in [0.1, 0.15) is 36.9 Å². The first-order chi connectivity index (χ1) is 7.39. The molecule has 0 fully saturated rings. The minimum absolute atomic E-state index is 0.178. The normalized spacial score (nSPS) is 11.7. The molecule has 1 rings (SSSR count). The predicted molar refractivity (Wildman–Crippen MR) is 67.0 cm³/mol. The van der Waals surface area contributed by atoms with Crippen LogP contribution >= 0.6 is 11.3 Å². The molecular weight excluding hydrogens is 222 g/mol. The van der Waals surface area contributed by atoms with Crippen LogP contribution in [0.2, 0.25) is 0 Å². The Morgan fingerprint density at radius 2 is 2.12 bits per heavy atom. The number of carbonyl (C=O) groups is 1. The second kappa shape index (κ2) is 5.46. The third kappa shape index (κ3) is 4.33. The van der Waals surface area contributed by atoms with E-state index in [1.807, 2.05) is 0 Å². The second-order valence-corrected chi connectivity index (χ2v) is 6.00. The van der Waals surface area contributed by atoms with Gasteiger partial charge in [-0.2, -0.15) is 0 Å². The van der Waals surface area contributed by atoms with Crippen molar-refractivity contribution in [2.24, 2.45) is 0 Å². The Morgan fingerprint density at radius 3 is 2.62 bits per heavy atom. The number of aliphatic carboxylic acids is 1. The molecule has 0 unspecified atom stereocenters. The summed E-state index contributed by atoms with van der Waals surface area (Å²) in [6.45, 7) is 7.87. The lowest BCUT2D eigenvalue weighted by Crippen LogP contribution is -2.16. The van der Waals surface area contributed by atoms with Crippen molar-refractivity contribution in [1.82, 2.24) is 5.32 Å². The molecule has 1 aromatic heterocycles. The second-order valence-electron chi connectivity index (χ2n) is 4.84. The molecule has 1 aromatic rings. The summed E-state index contributed by atoms with van der Waals surface area (Å²) in [7, 11) is 0. The van der Waals surface area contributed by atoms with E-state index >= 15 is 0 Å². The van der Waals surface area contributed by atoms with Crippen molar-refractivity contribution in [3.63, 3.8) is 0 Å². The molecule has 0 aliphatic carbocycles. The van der Waals surface area contributed by atoms with Crippen LogP contribution in [-0.2, 0) is 16.8 Å². The highest BCUT2D eigenvalue weighted by Crippen LogP contribution is 2.29. The zero-order chi connectivity index (χ0) is 12.2. The smallest absolute Gasteiger partial charge is 0.304 e. The standard InChI is InChI=1S/C12H19NO2S/c1-12(2,3)10-5-4-9(16-10)8-13-7-6-11(14)15/h4-5,13H,6-8H2,1-3H3,(H,14,15). The predicted octanol–water partition coefficient (Wildman–Crippen LogP) is 2.61. The van der Waals surface area contributed by atoms with Gasteiger partial charge in [0.05, 0.1) is 6.42 Å². The molecular formula is C12H19NO2S. The van der Waals surface area contributed by atoms with E-state index in [9.17, 15) is 4.79 Å². The number of carboxylic acids is 1. The summed E-state index contributed by atoms with van der Waals surface area (Å²) in [5.74, 6) is -0.755. The third-order valence-electron chi connectivity index (χ3n) is 2.22. The minimum Gasteiger partial charge on any atom is -0.481 e. The quantitative estimate of drug-likeness (QED) is 0.779. The number of thiophene rings is 1. The van der Waals surface area contributed by atoms with E-state index in [2.05, 4.69) is 38.2 Å². The number of nitrogens with one attached hydrogen (secondary N) is 1. The van der Waals surface area contributed by atoms with Crippen molar-refractivity contribution in [2.45, 2.75) is 39.2 Å². The monoisotopic (exact) mass is 241 g/mol. The van der Waals surface area contributed by atoms with Crippen LogP contribution in [-0.4, -0.2) is 17.6 Å². The SMILES string of the molecule is CC(C)(C)c1ccc(CNCCC(=O)O)s1. The molecule has 0 aliphatic rings. The summed E-state index contributed by atoms with van der Waals surface area (Å²) in [5.41, 5.74) is 0.198. The summed E-state index contributed by atoms with van der Waals surface area (Å²) < 4.78 is 0. The van der Waals surface area contributed by atoms with E-state index in [1.165, 1.54) is 9.75 Å². The molecule has 0 aromatic carbocycles. The van der Waals surface area contributed by atoms with Gasteiger partial charge in [-0.05, 0) is 17.5 Å². The highest BCUT2D eigenvalue weighted by atomic mass is 32.1. The number of carboxylic acid groups (broad SMARTS) is 1. The Hall–Kier alpha value is -0.870. The zero-order valence-electron chi connectivity index (χ0n) is 10.0. The van der Waals surface area contributed by atoms with Gasteiger partial charge in [0.15, 0.2) is 0 Å². The summed E-state index contributed by atoms with van der Waals surface area (Å²) in [6.07, 6.45) is 0.178. The fourth-order valence-electron chi connectivity index (χ4n) is 1.28. The van der Waals surface area contributed by atoms with Gasteiger partial charge in [-0.1, -0.05) is 20.8 Å². The molecule has 0 saturated carbocycles. The van der Waals surface area contributed by atoms with Crippen LogP contribution in [0.25, 0.3) is 0 Å². The van der Waals surface area contributed by atoms with Gasteiger partial charge in [0.2, 0.25) is 0 Å². The Kier molecular flexibility index (Phi) is 4.50. The molecule has 0 bridgehead atoms. The van der Waals surface area contributed by atoms with Crippen molar-refractivity contribution in [3.8, 4) is 0 Å². The van der Waals surface area contributed by atoms with Gasteiger partial charge in [0.25, 0.3) is 0 Å². The van der Waals surface area contributed by atoms with Crippen molar-refractivity contribution >= 4 is 17.3 Å². The maximum atomic E-state index is 10.3. The largest absolute Gasteiger partial charge is 0.481 e. The summed E-state index contributed by atoms with van der Waals surface area (Å²) in [5, 5.41) is 11.6. The Balaban J connectivity index is 2.38. The first-order valence-electron chi connectivity index (χ1n) is 5.41. The Bertz CT molecular complexity index is 352. The van der Waals surface area contributed by atoms with Crippen molar-refractivity contribution in [2.75, 3.05) is 6.54 Å². The molecule has 0 atom stereocenters. The summed E-state index contributed by atoms with van der Waals surface area (Å²) in [4.78, 5) is 12.9. The van der Waals surface area contributed by atoms with Crippen LogP contribution in [0.5, 0.6) is 0 Å². The Morgan fingerprint density at radius 1 is 1.44 bits per heavy atom. The zero-order valence-corrected chi connectivity index (χ0v) is 10.9. The molecule has 90 valence electrons. The molecule has 0 spiro atoms. The molecule has 4 heteroatoms. The van der Waals surface area contributed by atoms with Gasteiger partial charge in [-0.3, -0.25) is 4.79 Å².